The lowest BCUT2D eigenvalue weighted by atomic mass is 9.89. The van der Waals surface area contributed by atoms with E-state index in [4.69, 9.17) is 5.11 Å². The standard InChI is InChI=1S/C28H56O2/c1-3-5-7-9-13-16-20-24-27(23-19-8-6-4-2)25-21-17-14-11-10-12-15-18-22-26-28(29)30/h27H,3-26H2,1-2H3,(H,29,30). The molecular weight excluding hydrogens is 368 g/mol. The summed E-state index contributed by atoms with van der Waals surface area (Å²) in [4.78, 5) is 10.5. The number of unbranched alkanes of at least 4 members (excludes halogenated alkanes) is 17. The van der Waals surface area contributed by atoms with Crippen LogP contribution in [0.2, 0.25) is 0 Å². The maximum absolute atomic E-state index is 10.5. The predicted molar refractivity (Wildman–Crippen MR) is 133 cm³/mol. The summed E-state index contributed by atoms with van der Waals surface area (Å²) in [6.07, 6.45) is 31.9. The van der Waals surface area contributed by atoms with Crippen LogP contribution in [0.1, 0.15) is 168 Å². The molecule has 0 aliphatic carbocycles. The van der Waals surface area contributed by atoms with Crippen molar-refractivity contribution in [2.75, 3.05) is 0 Å². The Morgan fingerprint density at radius 3 is 1.17 bits per heavy atom. The van der Waals surface area contributed by atoms with Gasteiger partial charge in [0.1, 0.15) is 0 Å². The molecule has 0 fully saturated rings. The molecular formula is C28H56O2. The molecule has 0 aliphatic rings. The SMILES string of the molecule is CCCCCCCCCC(CCCCCC)CCCCCCCCCCCC(=O)O. The Morgan fingerprint density at radius 2 is 0.800 bits per heavy atom. The Morgan fingerprint density at radius 1 is 0.500 bits per heavy atom. The molecule has 0 saturated heterocycles. The number of hydrogen-bond donors (Lipinski definition) is 1. The van der Waals surface area contributed by atoms with Gasteiger partial charge in [-0.1, -0.05) is 155 Å². The Hall–Kier alpha value is -0.530. The fourth-order valence-electron chi connectivity index (χ4n) is 4.63. The second-order valence-corrected chi connectivity index (χ2v) is 9.74. The van der Waals surface area contributed by atoms with Gasteiger partial charge < -0.3 is 5.11 Å². The third kappa shape index (κ3) is 23.7. The minimum absolute atomic E-state index is 0.346. The van der Waals surface area contributed by atoms with E-state index in [2.05, 4.69) is 13.8 Å². The molecule has 2 nitrogen and oxygen atoms in total. The van der Waals surface area contributed by atoms with Crippen LogP contribution in [0.3, 0.4) is 0 Å². The molecule has 30 heavy (non-hydrogen) atoms. The van der Waals surface area contributed by atoms with Crippen molar-refractivity contribution in [2.24, 2.45) is 5.92 Å². The van der Waals surface area contributed by atoms with Gasteiger partial charge in [0.2, 0.25) is 0 Å². The van der Waals surface area contributed by atoms with Gasteiger partial charge in [-0.3, -0.25) is 4.79 Å². The zero-order valence-corrected chi connectivity index (χ0v) is 20.9. The first-order chi connectivity index (χ1) is 14.7. The van der Waals surface area contributed by atoms with Gasteiger partial charge in [0, 0.05) is 6.42 Å². The molecule has 0 aliphatic heterocycles. The molecule has 0 heterocycles. The second-order valence-electron chi connectivity index (χ2n) is 9.74. The van der Waals surface area contributed by atoms with E-state index in [1.165, 1.54) is 135 Å². The van der Waals surface area contributed by atoms with E-state index in [1.807, 2.05) is 0 Å². The minimum atomic E-state index is -0.648. The van der Waals surface area contributed by atoms with E-state index in [9.17, 15) is 4.79 Å². The molecule has 0 saturated carbocycles. The normalized spacial score (nSPS) is 12.3. The number of carboxylic acid groups (broad SMARTS) is 1. The van der Waals surface area contributed by atoms with Gasteiger partial charge in [0.15, 0.2) is 0 Å². The maximum Gasteiger partial charge on any atom is 0.303 e. The highest BCUT2D eigenvalue weighted by Crippen LogP contribution is 2.24. The monoisotopic (exact) mass is 424 g/mol. The van der Waals surface area contributed by atoms with E-state index < -0.39 is 5.97 Å². The van der Waals surface area contributed by atoms with Crippen LogP contribution in [0.5, 0.6) is 0 Å². The predicted octanol–water partition coefficient (Wildman–Crippen LogP) is 10.1. The summed E-state index contributed by atoms with van der Waals surface area (Å²) in [5.41, 5.74) is 0. The number of carboxylic acids is 1. The van der Waals surface area contributed by atoms with Crippen molar-refractivity contribution in [3.8, 4) is 0 Å². The third-order valence-corrected chi connectivity index (χ3v) is 6.68. The fraction of sp³-hybridized carbons (Fsp3) is 0.964. The lowest BCUT2D eigenvalue weighted by molar-refractivity contribution is -0.137. The highest BCUT2D eigenvalue weighted by molar-refractivity contribution is 5.66. The zero-order chi connectivity index (χ0) is 22.1. The van der Waals surface area contributed by atoms with Crippen molar-refractivity contribution in [2.45, 2.75) is 168 Å². The van der Waals surface area contributed by atoms with Crippen LogP contribution in [-0.2, 0) is 4.79 Å². The third-order valence-electron chi connectivity index (χ3n) is 6.68. The van der Waals surface area contributed by atoms with Crippen LogP contribution < -0.4 is 0 Å². The van der Waals surface area contributed by atoms with Gasteiger partial charge in [-0.15, -0.1) is 0 Å². The zero-order valence-electron chi connectivity index (χ0n) is 20.9. The Labute approximate surface area is 190 Å². The molecule has 0 aromatic heterocycles. The van der Waals surface area contributed by atoms with E-state index >= 15 is 0 Å². The lowest BCUT2D eigenvalue weighted by Gasteiger charge is -2.17. The molecule has 0 aromatic carbocycles. The molecule has 0 radical (unpaired) electrons. The number of hydrogen-bond acceptors (Lipinski definition) is 1. The number of carbonyl (C=O) groups is 1. The first-order valence-electron chi connectivity index (χ1n) is 13.9. The van der Waals surface area contributed by atoms with Crippen molar-refractivity contribution in [3.05, 3.63) is 0 Å². The first-order valence-corrected chi connectivity index (χ1v) is 13.9. The average molecular weight is 425 g/mol. The van der Waals surface area contributed by atoms with Crippen molar-refractivity contribution < 1.29 is 9.90 Å². The first kappa shape index (κ1) is 29.5. The van der Waals surface area contributed by atoms with Crippen LogP contribution in [-0.4, -0.2) is 11.1 Å². The van der Waals surface area contributed by atoms with Crippen molar-refractivity contribution in [1.82, 2.24) is 0 Å². The molecule has 1 atom stereocenters. The highest BCUT2D eigenvalue weighted by Gasteiger charge is 2.08. The van der Waals surface area contributed by atoms with E-state index in [1.54, 1.807) is 0 Å². The van der Waals surface area contributed by atoms with Gasteiger partial charge in [-0.2, -0.15) is 0 Å². The largest absolute Gasteiger partial charge is 0.481 e. The summed E-state index contributed by atoms with van der Waals surface area (Å²) in [6, 6.07) is 0. The summed E-state index contributed by atoms with van der Waals surface area (Å²) in [5, 5.41) is 8.65. The van der Waals surface area contributed by atoms with E-state index in [-0.39, 0.29) is 0 Å². The molecule has 0 bridgehead atoms. The molecule has 0 spiro atoms. The fourth-order valence-corrected chi connectivity index (χ4v) is 4.63. The Balaban J connectivity index is 3.67. The summed E-state index contributed by atoms with van der Waals surface area (Å²) >= 11 is 0. The summed E-state index contributed by atoms with van der Waals surface area (Å²) < 4.78 is 0. The number of rotatable bonds is 25. The van der Waals surface area contributed by atoms with Crippen molar-refractivity contribution in [1.29, 1.82) is 0 Å². The Bertz CT molecular complexity index is 340. The van der Waals surface area contributed by atoms with Gasteiger partial charge in [-0.25, -0.2) is 0 Å². The van der Waals surface area contributed by atoms with Gasteiger partial charge in [0.05, 0.1) is 0 Å². The van der Waals surface area contributed by atoms with Crippen molar-refractivity contribution in [3.63, 3.8) is 0 Å². The summed E-state index contributed by atoms with van der Waals surface area (Å²) in [6.45, 7) is 4.61. The van der Waals surface area contributed by atoms with Gasteiger partial charge in [0.25, 0.3) is 0 Å². The lowest BCUT2D eigenvalue weighted by Crippen LogP contribution is -2.01. The topological polar surface area (TPSA) is 37.3 Å². The van der Waals surface area contributed by atoms with Crippen LogP contribution >= 0.6 is 0 Å². The Kier molecular flexibility index (Phi) is 24.3. The highest BCUT2D eigenvalue weighted by atomic mass is 16.4. The van der Waals surface area contributed by atoms with Crippen molar-refractivity contribution >= 4 is 5.97 Å². The van der Waals surface area contributed by atoms with Crippen LogP contribution in [0.25, 0.3) is 0 Å². The molecule has 180 valence electrons. The molecule has 0 aromatic rings. The summed E-state index contributed by atoms with van der Waals surface area (Å²) in [7, 11) is 0. The molecule has 2 heteroatoms. The molecule has 0 rings (SSSR count). The minimum Gasteiger partial charge on any atom is -0.481 e. The second kappa shape index (κ2) is 24.7. The molecule has 1 N–H and O–H groups in total. The summed E-state index contributed by atoms with van der Waals surface area (Å²) in [5.74, 6) is 0.345. The van der Waals surface area contributed by atoms with Crippen LogP contribution in [0.15, 0.2) is 0 Å². The van der Waals surface area contributed by atoms with E-state index in [0.29, 0.717) is 6.42 Å². The quantitative estimate of drug-likeness (QED) is 0.148. The van der Waals surface area contributed by atoms with E-state index in [0.717, 1.165) is 18.8 Å². The molecule has 0 amide bonds. The van der Waals surface area contributed by atoms with Crippen LogP contribution in [0, 0.1) is 5.92 Å². The number of aliphatic carboxylic acids is 1. The van der Waals surface area contributed by atoms with Gasteiger partial charge >= 0.3 is 5.97 Å². The van der Waals surface area contributed by atoms with Crippen LogP contribution in [0.4, 0.5) is 0 Å². The molecule has 1 unspecified atom stereocenters. The smallest absolute Gasteiger partial charge is 0.303 e. The maximum atomic E-state index is 10.5. The average Bonchev–Trinajstić information content (AvgIpc) is 2.73. The van der Waals surface area contributed by atoms with Gasteiger partial charge in [-0.05, 0) is 12.3 Å².